The second-order valence-corrected chi connectivity index (χ2v) is 12.5. The van der Waals surface area contributed by atoms with Crippen LogP contribution in [-0.4, -0.2) is 17.7 Å². The van der Waals surface area contributed by atoms with Gasteiger partial charge in [-0.05, 0) is 40.9 Å². The number of carbonyl (C=O) groups is 1. The number of carbonyl (C=O) groups excluding carboxylic acids is 1. The van der Waals surface area contributed by atoms with Crippen molar-refractivity contribution in [3.05, 3.63) is 28.8 Å². The third-order valence-electron chi connectivity index (χ3n) is 7.51. The monoisotopic (exact) mass is 516 g/mol. The summed E-state index contributed by atoms with van der Waals surface area (Å²) in [6.45, 7) is 13.4. The minimum absolute atomic E-state index is 0.113. The number of ether oxygens (including phenoxy) is 1. The van der Waals surface area contributed by atoms with Crippen LogP contribution in [0.1, 0.15) is 173 Å². The lowest BCUT2D eigenvalue weighted by Crippen LogP contribution is -2.14. The number of hydrogen-bond acceptors (Lipinski definition) is 3. The van der Waals surface area contributed by atoms with Gasteiger partial charge in [0.05, 0.1) is 6.61 Å². The van der Waals surface area contributed by atoms with Gasteiger partial charge in [0, 0.05) is 6.42 Å². The first kappa shape index (κ1) is 33.5. The highest BCUT2D eigenvalue weighted by atomic mass is 16.5. The first-order chi connectivity index (χ1) is 17.7. The van der Waals surface area contributed by atoms with E-state index < -0.39 is 0 Å². The minimum atomic E-state index is -0.141. The van der Waals surface area contributed by atoms with Crippen LogP contribution < -0.4 is 0 Å². The number of rotatable bonds is 21. The molecule has 0 aromatic heterocycles. The van der Waals surface area contributed by atoms with Crippen molar-refractivity contribution < 1.29 is 14.6 Å². The summed E-state index contributed by atoms with van der Waals surface area (Å²) in [6.07, 6.45) is 22.6. The SMILES string of the molecule is CCCCCCCCCCCCCCCCCCOC(=O)CCc1cc(C(C)C)c(O)c(C(C)(C)C)c1. The molecule has 1 aromatic rings. The van der Waals surface area contributed by atoms with Crippen LogP contribution in [0.5, 0.6) is 5.75 Å². The van der Waals surface area contributed by atoms with Gasteiger partial charge in [0.15, 0.2) is 0 Å². The van der Waals surface area contributed by atoms with Crippen LogP contribution in [0.15, 0.2) is 12.1 Å². The maximum Gasteiger partial charge on any atom is 0.306 e. The fraction of sp³-hybridized carbons (Fsp3) is 0.794. The Morgan fingerprint density at radius 2 is 1.24 bits per heavy atom. The van der Waals surface area contributed by atoms with Crippen LogP contribution in [0.4, 0.5) is 0 Å². The molecule has 3 nitrogen and oxygen atoms in total. The average molecular weight is 517 g/mol. The molecule has 0 unspecified atom stereocenters. The molecule has 214 valence electrons. The highest BCUT2D eigenvalue weighted by Crippen LogP contribution is 2.37. The molecule has 0 atom stereocenters. The fourth-order valence-corrected chi connectivity index (χ4v) is 5.03. The zero-order chi connectivity index (χ0) is 27.5. The number of unbranched alkanes of at least 4 members (excludes halogenated alkanes) is 15. The molecule has 1 N–H and O–H groups in total. The Morgan fingerprint density at radius 1 is 0.784 bits per heavy atom. The minimum Gasteiger partial charge on any atom is -0.507 e. The second-order valence-electron chi connectivity index (χ2n) is 12.5. The van der Waals surface area contributed by atoms with E-state index in [9.17, 15) is 9.90 Å². The standard InChI is InChI=1S/C34H60O3/c1-7-8-9-10-11-12-13-14-15-16-17-18-19-20-21-22-25-37-32(35)24-23-29-26-30(28(2)3)33(36)31(27-29)34(4,5)6/h26-28,36H,7-25H2,1-6H3. The molecule has 0 aliphatic rings. The summed E-state index contributed by atoms with van der Waals surface area (Å²) in [5.41, 5.74) is 2.88. The molecule has 3 heteroatoms. The smallest absolute Gasteiger partial charge is 0.306 e. The van der Waals surface area contributed by atoms with E-state index in [1.54, 1.807) is 0 Å². The van der Waals surface area contributed by atoms with Gasteiger partial charge in [0.25, 0.3) is 0 Å². The lowest BCUT2D eigenvalue weighted by atomic mass is 9.82. The number of aryl methyl sites for hydroxylation is 1. The van der Waals surface area contributed by atoms with Crippen molar-refractivity contribution in [1.82, 2.24) is 0 Å². The zero-order valence-electron chi connectivity index (χ0n) is 25.4. The van der Waals surface area contributed by atoms with E-state index in [1.165, 1.54) is 89.9 Å². The van der Waals surface area contributed by atoms with E-state index in [-0.39, 0.29) is 17.3 Å². The molecule has 0 fully saturated rings. The van der Waals surface area contributed by atoms with E-state index in [4.69, 9.17) is 4.74 Å². The summed E-state index contributed by atoms with van der Waals surface area (Å²) in [7, 11) is 0. The highest BCUT2D eigenvalue weighted by molar-refractivity contribution is 5.69. The van der Waals surface area contributed by atoms with Gasteiger partial charge in [-0.15, -0.1) is 0 Å². The van der Waals surface area contributed by atoms with Crippen LogP contribution in [0.2, 0.25) is 0 Å². The van der Waals surface area contributed by atoms with Crippen molar-refractivity contribution in [2.45, 2.75) is 168 Å². The Kier molecular flexibility index (Phi) is 17.7. The van der Waals surface area contributed by atoms with Crippen molar-refractivity contribution in [2.75, 3.05) is 6.61 Å². The quantitative estimate of drug-likeness (QED) is 0.130. The van der Waals surface area contributed by atoms with Crippen LogP contribution in [0, 0.1) is 0 Å². The molecule has 0 heterocycles. The summed E-state index contributed by atoms with van der Waals surface area (Å²) >= 11 is 0. The molecular weight excluding hydrogens is 456 g/mol. The molecule has 0 aliphatic heterocycles. The molecule has 0 saturated carbocycles. The van der Waals surface area contributed by atoms with E-state index in [2.05, 4.69) is 53.7 Å². The number of hydrogen-bond donors (Lipinski definition) is 1. The summed E-state index contributed by atoms with van der Waals surface area (Å²) < 4.78 is 5.49. The predicted molar refractivity (Wildman–Crippen MR) is 160 cm³/mol. The van der Waals surface area contributed by atoms with E-state index >= 15 is 0 Å². The van der Waals surface area contributed by atoms with Crippen molar-refractivity contribution in [2.24, 2.45) is 0 Å². The normalized spacial score (nSPS) is 11.9. The van der Waals surface area contributed by atoms with Gasteiger partial charge in [0.2, 0.25) is 0 Å². The van der Waals surface area contributed by atoms with Gasteiger partial charge in [-0.25, -0.2) is 0 Å². The summed E-state index contributed by atoms with van der Waals surface area (Å²) in [4.78, 5) is 12.3. The third-order valence-corrected chi connectivity index (χ3v) is 7.51. The Bertz CT molecular complexity index is 729. The van der Waals surface area contributed by atoms with Gasteiger partial charge in [0.1, 0.15) is 5.75 Å². The van der Waals surface area contributed by atoms with Gasteiger partial charge in [-0.3, -0.25) is 4.79 Å². The van der Waals surface area contributed by atoms with E-state index in [0.717, 1.165) is 29.5 Å². The fourth-order valence-electron chi connectivity index (χ4n) is 5.03. The molecular formula is C34H60O3. The molecule has 1 rings (SSSR count). The predicted octanol–water partition coefficient (Wildman–Crippen LogP) is 10.6. The maximum absolute atomic E-state index is 12.3. The maximum atomic E-state index is 12.3. The zero-order valence-corrected chi connectivity index (χ0v) is 25.4. The third kappa shape index (κ3) is 15.5. The average Bonchev–Trinajstić information content (AvgIpc) is 2.84. The Hall–Kier alpha value is -1.51. The molecule has 37 heavy (non-hydrogen) atoms. The lowest BCUT2D eigenvalue weighted by molar-refractivity contribution is -0.143. The van der Waals surface area contributed by atoms with E-state index in [0.29, 0.717) is 25.2 Å². The van der Waals surface area contributed by atoms with Crippen molar-refractivity contribution in [1.29, 1.82) is 0 Å². The van der Waals surface area contributed by atoms with E-state index in [1.807, 2.05) is 0 Å². The largest absolute Gasteiger partial charge is 0.507 e. The van der Waals surface area contributed by atoms with Gasteiger partial charge >= 0.3 is 5.97 Å². The molecule has 0 bridgehead atoms. The van der Waals surface area contributed by atoms with Crippen molar-refractivity contribution in [3.63, 3.8) is 0 Å². The summed E-state index contributed by atoms with van der Waals surface area (Å²) in [5.74, 6) is 0.526. The van der Waals surface area contributed by atoms with Crippen molar-refractivity contribution in [3.8, 4) is 5.75 Å². The Balaban J connectivity index is 2.08. The van der Waals surface area contributed by atoms with Crippen molar-refractivity contribution >= 4 is 5.97 Å². The summed E-state index contributed by atoms with van der Waals surface area (Å²) in [5, 5.41) is 10.7. The molecule has 0 amide bonds. The Morgan fingerprint density at radius 3 is 1.68 bits per heavy atom. The van der Waals surface area contributed by atoms with Crippen LogP contribution in [0.3, 0.4) is 0 Å². The first-order valence-electron chi connectivity index (χ1n) is 15.7. The van der Waals surface area contributed by atoms with Gasteiger partial charge in [-0.1, -0.05) is 150 Å². The number of phenols is 1. The highest BCUT2D eigenvalue weighted by Gasteiger charge is 2.22. The molecule has 0 saturated heterocycles. The van der Waals surface area contributed by atoms with Crippen LogP contribution >= 0.6 is 0 Å². The van der Waals surface area contributed by atoms with Crippen LogP contribution in [-0.2, 0) is 21.4 Å². The molecule has 0 aliphatic carbocycles. The number of benzene rings is 1. The molecule has 0 spiro atoms. The topological polar surface area (TPSA) is 46.5 Å². The second kappa shape index (κ2) is 19.5. The number of phenolic OH excluding ortho intramolecular Hbond substituents is 1. The van der Waals surface area contributed by atoms with Gasteiger partial charge < -0.3 is 9.84 Å². The molecule has 0 radical (unpaired) electrons. The first-order valence-corrected chi connectivity index (χ1v) is 15.7. The molecule has 1 aromatic carbocycles. The lowest BCUT2D eigenvalue weighted by Gasteiger charge is -2.24. The number of esters is 1. The van der Waals surface area contributed by atoms with Gasteiger partial charge in [-0.2, -0.15) is 0 Å². The van der Waals surface area contributed by atoms with Crippen LogP contribution in [0.25, 0.3) is 0 Å². The number of aromatic hydroxyl groups is 1. The summed E-state index contributed by atoms with van der Waals surface area (Å²) in [6, 6.07) is 4.11. The Labute approximate surface area is 230 Å².